The maximum absolute atomic E-state index is 12.5. The highest BCUT2D eigenvalue weighted by molar-refractivity contribution is 5.96. The quantitative estimate of drug-likeness (QED) is 0.448. The van der Waals surface area contributed by atoms with Crippen LogP contribution >= 0.6 is 0 Å². The van der Waals surface area contributed by atoms with E-state index in [4.69, 9.17) is 4.74 Å². The smallest absolute Gasteiger partial charge is 0.163 e. The molecular formula is C25H36NO3+. The van der Waals surface area contributed by atoms with Crippen molar-refractivity contribution in [1.29, 1.82) is 0 Å². The van der Waals surface area contributed by atoms with Crippen LogP contribution in [-0.4, -0.2) is 53.8 Å². The molecule has 4 nitrogen and oxygen atoms in total. The minimum Gasteiger partial charge on any atom is -0.491 e. The van der Waals surface area contributed by atoms with Gasteiger partial charge in [-0.3, -0.25) is 4.79 Å². The van der Waals surface area contributed by atoms with Crippen LogP contribution in [0.25, 0.3) is 0 Å². The number of ketones is 1. The standard InChI is InChI=1S/C25H36NO3/c1-19(2)26(5,20(3)4)17-23(27)18-29-24-13-9-12-22(16-24)25(28)15-14-21-10-7-6-8-11-21/h6-13,16,19-20,23,27H,14-15,17-18H2,1-5H3/q+1. The molecule has 1 atom stereocenters. The van der Waals surface area contributed by atoms with Gasteiger partial charge in [0.05, 0.1) is 19.1 Å². The molecule has 4 heteroatoms. The first-order valence-corrected chi connectivity index (χ1v) is 10.6. The third-order valence-corrected chi connectivity index (χ3v) is 6.05. The number of nitrogens with zero attached hydrogens (tertiary/aromatic N) is 1. The Balaban J connectivity index is 1.91. The number of benzene rings is 2. The van der Waals surface area contributed by atoms with Crippen molar-refractivity contribution < 1.29 is 19.1 Å². The molecule has 0 aliphatic carbocycles. The van der Waals surface area contributed by atoms with Crippen LogP contribution in [0.2, 0.25) is 0 Å². The Hall–Kier alpha value is -2.17. The van der Waals surface area contributed by atoms with Crippen LogP contribution in [0.4, 0.5) is 0 Å². The van der Waals surface area contributed by atoms with Crippen molar-refractivity contribution in [3.8, 4) is 5.75 Å². The number of carbonyl (C=O) groups excluding carboxylic acids is 1. The van der Waals surface area contributed by atoms with Gasteiger partial charge in [-0.1, -0.05) is 42.5 Å². The zero-order chi connectivity index (χ0) is 21.4. The number of quaternary nitrogens is 1. The van der Waals surface area contributed by atoms with Gasteiger partial charge in [-0.15, -0.1) is 0 Å². The van der Waals surface area contributed by atoms with Crippen LogP contribution < -0.4 is 4.74 Å². The zero-order valence-corrected chi connectivity index (χ0v) is 18.5. The summed E-state index contributed by atoms with van der Waals surface area (Å²) in [4.78, 5) is 12.5. The number of hydrogen-bond acceptors (Lipinski definition) is 3. The van der Waals surface area contributed by atoms with Crippen molar-refractivity contribution in [3.05, 3.63) is 65.7 Å². The number of aliphatic hydroxyl groups is 1. The maximum Gasteiger partial charge on any atom is 0.163 e. The average Bonchev–Trinajstić information content (AvgIpc) is 2.71. The number of aliphatic hydroxyl groups excluding tert-OH is 1. The molecule has 0 saturated heterocycles. The molecule has 2 aromatic carbocycles. The monoisotopic (exact) mass is 398 g/mol. The van der Waals surface area contributed by atoms with E-state index in [1.807, 2.05) is 48.5 Å². The van der Waals surface area contributed by atoms with Crippen molar-refractivity contribution in [2.45, 2.75) is 58.7 Å². The summed E-state index contributed by atoms with van der Waals surface area (Å²) in [5, 5.41) is 10.5. The van der Waals surface area contributed by atoms with Crippen molar-refractivity contribution in [3.63, 3.8) is 0 Å². The first-order valence-electron chi connectivity index (χ1n) is 10.6. The van der Waals surface area contributed by atoms with E-state index in [0.717, 1.165) is 16.5 Å². The maximum atomic E-state index is 12.5. The number of rotatable bonds is 11. The summed E-state index contributed by atoms with van der Waals surface area (Å²) in [6.45, 7) is 9.56. The normalized spacial score (nSPS) is 13.0. The minimum absolute atomic E-state index is 0.101. The highest BCUT2D eigenvalue weighted by Crippen LogP contribution is 2.19. The predicted molar refractivity (Wildman–Crippen MR) is 118 cm³/mol. The number of ether oxygens (including phenoxy) is 1. The summed E-state index contributed by atoms with van der Waals surface area (Å²) < 4.78 is 6.59. The van der Waals surface area contributed by atoms with E-state index < -0.39 is 6.10 Å². The number of Topliss-reactive ketones (excluding diaryl/α,β-unsaturated/α-hetero) is 1. The number of likely N-dealkylation sites (N-methyl/N-ethyl adjacent to an activating group) is 1. The van der Waals surface area contributed by atoms with Crippen molar-refractivity contribution in [1.82, 2.24) is 0 Å². The molecule has 0 aliphatic heterocycles. The lowest BCUT2D eigenvalue weighted by Crippen LogP contribution is -2.58. The molecule has 158 valence electrons. The summed E-state index contributed by atoms with van der Waals surface area (Å²) >= 11 is 0. The fraction of sp³-hybridized carbons (Fsp3) is 0.480. The number of aryl methyl sites for hydroxylation is 1. The predicted octanol–water partition coefficient (Wildman–Crippen LogP) is 4.51. The first kappa shape index (κ1) is 23.1. The molecule has 1 unspecified atom stereocenters. The SMILES string of the molecule is CC(C)[N+](C)(CC(O)COc1cccc(C(=O)CCc2ccccc2)c1)C(C)C. The van der Waals surface area contributed by atoms with Crippen molar-refractivity contribution in [2.24, 2.45) is 0 Å². The van der Waals surface area contributed by atoms with Gasteiger partial charge in [0.1, 0.15) is 25.0 Å². The number of hydrogen-bond donors (Lipinski definition) is 1. The van der Waals surface area contributed by atoms with Gasteiger partial charge in [0.25, 0.3) is 0 Å². The van der Waals surface area contributed by atoms with Gasteiger partial charge in [-0.05, 0) is 51.8 Å². The van der Waals surface area contributed by atoms with Crippen molar-refractivity contribution >= 4 is 5.78 Å². The van der Waals surface area contributed by atoms with Crippen LogP contribution in [0.3, 0.4) is 0 Å². The van der Waals surface area contributed by atoms with Crippen molar-refractivity contribution in [2.75, 3.05) is 20.2 Å². The van der Waals surface area contributed by atoms with E-state index in [0.29, 0.717) is 36.4 Å². The third-order valence-electron chi connectivity index (χ3n) is 6.05. The Bertz CT molecular complexity index is 763. The fourth-order valence-corrected chi connectivity index (χ4v) is 3.52. The van der Waals surface area contributed by atoms with Crippen LogP contribution in [0.5, 0.6) is 5.75 Å². The molecule has 0 bridgehead atoms. The van der Waals surface area contributed by atoms with Crippen LogP contribution in [-0.2, 0) is 6.42 Å². The van der Waals surface area contributed by atoms with Crippen LogP contribution in [0.15, 0.2) is 54.6 Å². The summed E-state index contributed by atoms with van der Waals surface area (Å²) in [5.41, 5.74) is 1.81. The molecule has 0 aromatic heterocycles. The molecule has 0 aliphatic rings. The van der Waals surface area contributed by atoms with E-state index >= 15 is 0 Å². The van der Waals surface area contributed by atoms with Gasteiger partial charge in [0.2, 0.25) is 0 Å². The summed E-state index contributed by atoms with van der Waals surface area (Å²) in [7, 11) is 2.17. The lowest BCUT2D eigenvalue weighted by molar-refractivity contribution is -0.951. The Morgan fingerprint density at radius 1 is 1.00 bits per heavy atom. The second-order valence-electron chi connectivity index (χ2n) is 8.62. The largest absolute Gasteiger partial charge is 0.491 e. The molecule has 2 aromatic rings. The second kappa shape index (κ2) is 10.6. The molecular weight excluding hydrogens is 362 g/mol. The fourth-order valence-electron chi connectivity index (χ4n) is 3.52. The molecule has 0 saturated carbocycles. The third kappa shape index (κ3) is 6.69. The topological polar surface area (TPSA) is 46.5 Å². The summed E-state index contributed by atoms with van der Waals surface area (Å²) in [6, 6.07) is 18.1. The Labute approximate surface area is 175 Å². The lowest BCUT2D eigenvalue weighted by atomic mass is 10.0. The molecule has 0 radical (unpaired) electrons. The van der Waals surface area contributed by atoms with Crippen LogP contribution in [0.1, 0.15) is 50.0 Å². The average molecular weight is 399 g/mol. The van der Waals surface area contributed by atoms with Gasteiger partial charge >= 0.3 is 0 Å². The summed E-state index contributed by atoms with van der Waals surface area (Å²) in [6.07, 6.45) is 0.626. The highest BCUT2D eigenvalue weighted by Gasteiger charge is 2.32. The van der Waals surface area contributed by atoms with Gasteiger partial charge in [-0.2, -0.15) is 0 Å². The lowest BCUT2D eigenvalue weighted by Gasteiger charge is -2.43. The first-order chi connectivity index (χ1) is 13.7. The molecule has 0 amide bonds. The van der Waals surface area contributed by atoms with Crippen LogP contribution in [0, 0.1) is 0 Å². The Morgan fingerprint density at radius 3 is 2.28 bits per heavy atom. The second-order valence-corrected chi connectivity index (χ2v) is 8.62. The van der Waals surface area contributed by atoms with E-state index in [9.17, 15) is 9.90 Å². The number of carbonyl (C=O) groups is 1. The van der Waals surface area contributed by atoms with Gasteiger partial charge < -0.3 is 14.3 Å². The van der Waals surface area contributed by atoms with E-state index in [1.165, 1.54) is 0 Å². The minimum atomic E-state index is -0.567. The van der Waals surface area contributed by atoms with E-state index in [-0.39, 0.29) is 12.4 Å². The summed E-state index contributed by atoms with van der Waals surface area (Å²) in [5.74, 6) is 0.724. The zero-order valence-electron chi connectivity index (χ0n) is 18.5. The molecule has 0 fully saturated rings. The van der Waals surface area contributed by atoms with Gasteiger partial charge in [-0.25, -0.2) is 0 Å². The van der Waals surface area contributed by atoms with Gasteiger partial charge in [0, 0.05) is 12.0 Å². The molecule has 2 rings (SSSR count). The highest BCUT2D eigenvalue weighted by atomic mass is 16.5. The molecule has 0 spiro atoms. The molecule has 0 heterocycles. The Morgan fingerprint density at radius 2 is 1.66 bits per heavy atom. The van der Waals surface area contributed by atoms with Gasteiger partial charge in [0.15, 0.2) is 5.78 Å². The molecule has 1 N–H and O–H groups in total. The van der Waals surface area contributed by atoms with E-state index in [1.54, 1.807) is 6.07 Å². The van der Waals surface area contributed by atoms with E-state index in [2.05, 4.69) is 34.7 Å². The molecule has 29 heavy (non-hydrogen) atoms. The Kier molecular flexibility index (Phi) is 8.42.